The molecule has 0 bridgehead atoms. The lowest BCUT2D eigenvalue weighted by atomic mass is 9.86. The zero-order chi connectivity index (χ0) is 26.9. The van der Waals surface area contributed by atoms with Crippen molar-refractivity contribution in [1.82, 2.24) is 20.9 Å². The summed E-state index contributed by atoms with van der Waals surface area (Å²) < 4.78 is 11.5. The van der Waals surface area contributed by atoms with Gasteiger partial charge in [-0.1, -0.05) is 30.0 Å². The van der Waals surface area contributed by atoms with Crippen LogP contribution in [0.1, 0.15) is 18.9 Å². The van der Waals surface area contributed by atoms with Gasteiger partial charge in [0.25, 0.3) is 5.91 Å². The summed E-state index contributed by atoms with van der Waals surface area (Å²) in [5, 5.41) is 9.80. The van der Waals surface area contributed by atoms with E-state index in [9.17, 15) is 9.59 Å². The zero-order valence-corrected chi connectivity index (χ0v) is 23.1. The van der Waals surface area contributed by atoms with Gasteiger partial charge < -0.3 is 25.4 Å². The van der Waals surface area contributed by atoms with Crippen LogP contribution in [0.2, 0.25) is 0 Å². The first kappa shape index (κ1) is 26.2. The molecule has 6 rings (SSSR count). The first-order chi connectivity index (χ1) is 19.0. The fourth-order valence-electron chi connectivity index (χ4n) is 5.98. The van der Waals surface area contributed by atoms with Gasteiger partial charge in [0.05, 0.1) is 29.5 Å². The standard InChI is InChI=1S/C29H35N5O4S/c1-18-16-21(38-20-6-4-3-5-7-20)8-9-22(18)34-23-10-11-31-28-24(23)25(32-29(34)36)26(39-28)27(35)30-12-13-33-14-15-37-17-19(33)2/h3-9,16,19,23-24,28,31H,10-15,17H2,1-2H3,(H,30,35)(H,32,36)/t19-,23?,24?,28?/m1/s1. The van der Waals surface area contributed by atoms with Gasteiger partial charge in [-0.2, -0.15) is 0 Å². The lowest BCUT2D eigenvalue weighted by Crippen LogP contribution is -2.62. The van der Waals surface area contributed by atoms with Crippen LogP contribution in [0.25, 0.3) is 0 Å². The molecule has 0 aromatic heterocycles. The number of para-hydroxylation sites is 1. The van der Waals surface area contributed by atoms with Gasteiger partial charge in [-0.3, -0.25) is 14.6 Å². The third-order valence-electron chi connectivity index (χ3n) is 7.94. The Morgan fingerprint density at radius 2 is 2.05 bits per heavy atom. The normalized spacial score (nSPS) is 26.7. The number of rotatable bonds is 7. The molecule has 4 aliphatic rings. The molecule has 3 fully saturated rings. The Labute approximate surface area is 233 Å². The maximum absolute atomic E-state index is 13.6. The number of amides is 3. The van der Waals surface area contributed by atoms with Gasteiger partial charge in [0.15, 0.2) is 0 Å². The van der Waals surface area contributed by atoms with Gasteiger partial charge in [-0.25, -0.2) is 4.79 Å². The average Bonchev–Trinajstić information content (AvgIpc) is 3.31. The summed E-state index contributed by atoms with van der Waals surface area (Å²) in [6.07, 6.45) is 0.810. The summed E-state index contributed by atoms with van der Waals surface area (Å²) in [6.45, 7) is 8.59. The number of anilines is 1. The minimum absolute atomic E-state index is 0.0149. The Morgan fingerprint density at radius 1 is 1.21 bits per heavy atom. The SMILES string of the molecule is Cc1cc(Oc2ccccc2)ccc1N1C(=O)NC2=C(C(=O)NCCN3CCOC[C@H]3C)SC3NCCC1C23. The summed E-state index contributed by atoms with van der Waals surface area (Å²) in [5.74, 6) is 1.40. The van der Waals surface area contributed by atoms with Crippen molar-refractivity contribution < 1.29 is 19.1 Å². The minimum atomic E-state index is -0.193. The lowest BCUT2D eigenvalue weighted by molar-refractivity contribution is -0.117. The molecule has 4 heterocycles. The molecular weight excluding hydrogens is 514 g/mol. The summed E-state index contributed by atoms with van der Waals surface area (Å²) >= 11 is 1.53. The van der Waals surface area contributed by atoms with E-state index in [1.54, 1.807) is 0 Å². The number of nitrogens with one attached hydrogen (secondary N) is 3. The molecule has 3 N–H and O–H groups in total. The molecule has 3 amide bonds. The Morgan fingerprint density at radius 3 is 2.85 bits per heavy atom. The van der Waals surface area contributed by atoms with Crippen molar-refractivity contribution >= 4 is 29.4 Å². The second-order valence-corrected chi connectivity index (χ2v) is 11.6. The van der Waals surface area contributed by atoms with E-state index in [1.807, 2.05) is 60.4 Å². The zero-order valence-electron chi connectivity index (χ0n) is 22.3. The number of hydrogen-bond acceptors (Lipinski definition) is 7. The number of morpholine rings is 1. The van der Waals surface area contributed by atoms with Crippen LogP contribution in [0.3, 0.4) is 0 Å². The second-order valence-electron chi connectivity index (χ2n) is 10.5. The fraction of sp³-hybridized carbons (Fsp3) is 0.448. The van der Waals surface area contributed by atoms with E-state index in [-0.39, 0.29) is 29.3 Å². The largest absolute Gasteiger partial charge is 0.457 e. The number of thioether (sulfide) groups is 1. The quantitative estimate of drug-likeness (QED) is 0.487. The highest BCUT2D eigenvalue weighted by Gasteiger charge is 2.51. The summed E-state index contributed by atoms with van der Waals surface area (Å²) in [7, 11) is 0. The molecule has 4 atom stereocenters. The molecule has 0 aliphatic carbocycles. The lowest BCUT2D eigenvalue weighted by Gasteiger charge is -2.46. The first-order valence-electron chi connectivity index (χ1n) is 13.7. The summed E-state index contributed by atoms with van der Waals surface area (Å²) in [6, 6.07) is 15.6. The summed E-state index contributed by atoms with van der Waals surface area (Å²) in [4.78, 5) is 31.7. The van der Waals surface area contributed by atoms with Crippen LogP contribution >= 0.6 is 11.8 Å². The Kier molecular flexibility index (Phi) is 7.53. The molecule has 0 spiro atoms. The molecule has 4 aliphatic heterocycles. The molecular formula is C29H35N5O4S. The molecule has 0 radical (unpaired) electrons. The highest BCUT2D eigenvalue weighted by atomic mass is 32.2. The fourth-order valence-corrected chi connectivity index (χ4v) is 7.39. The van der Waals surface area contributed by atoms with Crippen LogP contribution in [-0.4, -0.2) is 73.7 Å². The number of carbonyl (C=O) groups is 2. The molecule has 206 valence electrons. The van der Waals surface area contributed by atoms with E-state index >= 15 is 0 Å². The Hall–Kier alpha value is -3.05. The Bertz CT molecular complexity index is 1270. The van der Waals surface area contributed by atoms with Crippen LogP contribution in [0, 0.1) is 12.8 Å². The van der Waals surface area contributed by atoms with Crippen LogP contribution < -0.4 is 25.6 Å². The van der Waals surface area contributed by atoms with E-state index < -0.39 is 0 Å². The third kappa shape index (κ3) is 5.26. The third-order valence-corrected chi connectivity index (χ3v) is 9.30. The van der Waals surface area contributed by atoms with Gasteiger partial charge in [0.2, 0.25) is 0 Å². The number of carbonyl (C=O) groups excluding carboxylic acids is 2. The number of piperidine rings is 1. The molecule has 2 aromatic carbocycles. The van der Waals surface area contributed by atoms with Crippen LogP contribution in [-0.2, 0) is 9.53 Å². The molecule has 9 nitrogen and oxygen atoms in total. The number of ether oxygens (including phenoxy) is 2. The van der Waals surface area contributed by atoms with Crippen molar-refractivity contribution in [3.05, 3.63) is 64.7 Å². The van der Waals surface area contributed by atoms with E-state index in [2.05, 4.69) is 27.8 Å². The van der Waals surface area contributed by atoms with Gasteiger partial charge in [-0.15, -0.1) is 0 Å². The van der Waals surface area contributed by atoms with Gasteiger partial charge in [0.1, 0.15) is 11.5 Å². The van der Waals surface area contributed by atoms with E-state index in [1.165, 1.54) is 11.8 Å². The molecule has 3 saturated heterocycles. The topological polar surface area (TPSA) is 95.2 Å². The highest BCUT2D eigenvalue weighted by molar-refractivity contribution is 8.04. The number of aryl methyl sites for hydroxylation is 1. The van der Waals surface area contributed by atoms with E-state index in [0.29, 0.717) is 17.5 Å². The molecule has 2 aromatic rings. The number of urea groups is 1. The van der Waals surface area contributed by atoms with Crippen molar-refractivity contribution in [3.8, 4) is 11.5 Å². The minimum Gasteiger partial charge on any atom is -0.457 e. The van der Waals surface area contributed by atoms with E-state index in [0.717, 1.165) is 67.7 Å². The second kappa shape index (κ2) is 11.2. The summed E-state index contributed by atoms with van der Waals surface area (Å²) in [5.41, 5.74) is 2.57. The van der Waals surface area contributed by atoms with Crippen molar-refractivity contribution in [2.24, 2.45) is 5.92 Å². The number of nitrogens with zero attached hydrogens (tertiary/aromatic N) is 2. The average molecular weight is 550 g/mol. The smallest absolute Gasteiger partial charge is 0.326 e. The maximum Gasteiger partial charge on any atom is 0.326 e. The van der Waals surface area contributed by atoms with Gasteiger partial charge in [0, 0.05) is 43.0 Å². The molecule has 0 saturated carbocycles. The Balaban J connectivity index is 1.18. The predicted octanol–water partition coefficient (Wildman–Crippen LogP) is 3.42. The van der Waals surface area contributed by atoms with Crippen molar-refractivity contribution in [1.29, 1.82) is 0 Å². The number of hydrogen-bond donors (Lipinski definition) is 3. The van der Waals surface area contributed by atoms with Crippen molar-refractivity contribution in [3.63, 3.8) is 0 Å². The maximum atomic E-state index is 13.6. The van der Waals surface area contributed by atoms with E-state index in [4.69, 9.17) is 9.47 Å². The van der Waals surface area contributed by atoms with Crippen molar-refractivity contribution in [2.45, 2.75) is 37.7 Å². The van der Waals surface area contributed by atoms with Gasteiger partial charge in [-0.05, 0) is 62.7 Å². The van der Waals surface area contributed by atoms with Crippen LogP contribution in [0.4, 0.5) is 10.5 Å². The predicted molar refractivity (Wildman–Crippen MR) is 152 cm³/mol. The van der Waals surface area contributed by atoms with Gasteiger partial charge >= 0.3 is 6.03 Å². The van der Waals surface area contributed by atoms with Crippen LogP contribution in [0.5, 0.6) is 11.5 Å². The number of benzene rings is 2. The molecule has 10 heteroatoms. The van der Waals surface area contributed by atoms with Crippen LogP contribution in [0.15, 0.2) is 59.1 Å². The first-order valence-corrected chi connectivity index (χ1v) is 14.6. The highest BCUT2D eigenvalue weighted by Crippen LogP contribution is 2.48. The monoisotopic (exact) mass is 549 g/mol. The van der Waals surface area contributed by atoms with Crippen molar-refractivity contribution in [2.75, 3.05) is 44.3 Å². The molecule has 39 heavy (non-hydrogen) atoms. The molecule has 3 unspecified atom stereocenters.